The second kappa shape index (κ2) is 3.62. The molecule has 2 aromatic rings. The Morgan fingerprint density at radius 2 is 1.68 bits per heavy atom. The Kier molecular flexibility index (Phi) is 2.25. The first kappa shape index (κ1) is 11.8. The number of hydrogen-bond donors (Lipinski definition) is 2. The average Bonchev–Trinajstić information content (AvgIpc) is 2.34. The number of carbonyl (C=O) groups is 2. The van der Waals surface area contributed by atoms with Crippen LogP contribution < -0.4 is 5.32 Å². The van der Waals surface area contributed by atoms with E-state index in [1.54, 1.807) is 18.2 Å². The van der Waals surface area contributed by atoms with E-state index in [1.165, 1.54) is 6.07 Å². The maximum Gasteiger partial charge on any atom is 0.294 e. The molecule has 2 N–H and O–H groups in total. The molecule has 0 aliphatic carbocycles. The molecular formula is C12H7NO5S. The highest BCUT2D eigenvalue weighted by Crippen LogP contribution is 2.29. The molecule has 0 spiro atoms. The number of hydrogen-bond acceptors (Lipinski definition) is 4. The van der Waals surface area contributed by atoms with Gasteiger partial charge in [0, 0.05) is 16.5 Å². The molecule has 0 unspecified atom stereocenters. The van der Waals surface area contributed by atoms with E-state index in [-0.39, 0.29) is 10.5 Å². The number of imide groups is 1. The molecule has 2 amide bonds. The van der Waals surface area contributed by atoms with E-state index < -0.39 is 21.9 Å². The zero-order chi connectivity index (χ0) is 13.8. The summed E-state index contributed by atoms with van der Waals surface area (Å²) in [5.74, 6) is -1.21. The summed E-state index contributed by atoms with van der Waals surface area (Å²) in [6.07, 6.45) is 0. The minimum Gasteiger partial charge on any atom is -0.288 e. The molecule has 1 aliphatic rings. The lowest BCUT2D eigenvalue weighted by atomic mass is 9.95. The zero-order valence-electron chi connectivity index (χ0n) is 9.38. The summed E-state index contributed by atoms with van der Waals surface area (Å²) >= 11 is 0. The van der Waals surface area contributed by atoms with Crippen LogP contribution in [0.25, 0.3) is 10.8 Å². The van der Waals surface area contributed by atoms with Crippen molar-refractivity contribution in [1.29, 1.82) is 0 Å². The SMILES string of the molecule is O=C1NC(=O)c2cc(S(=O)(=O)O)cc3cccc1c23. The number of carbonyl (C=O) groups excluding carboxylic acids is 2. The lowest BCUT2D eigenvalue weighted by Crippen LogP contribution is -2.34. The highest BCUT2D eigenvalue weighted by molar-refractivity contribution is 7.85. The minimum absolute atomic E-state index is 0.0559. The number of nitrogens with one attached hydrogen (secondary N) is 1. The molecule has 2 aromatic carbocycles. The Hall–Kier alpha value is -2.25. The van der Waals surface area contributed by atoms with Crippen molar-refractivity contribution in [2.45, 2.75) is 4.90 Å². The topological polar surface area (TPSA) is 101 Å². The van der Waals surface area contributed by atoms with Gasteiger partial charge in [0.2, 0.25) is 0 Å². The van der Waals surface area contributed by atoms with Crippen LogP contribution in [0.4, 0.5) is 0 Å². The van der Waals surface area contributed by atoms with Crippen molar-refractivity contribution in [3.05, 3.63) is 41.5 Å². The van der Waals surface area contributed by atoms with Crippen LogP contribution in [0.15, 0.2) is 35.2 Å². The average molecular weight is 277 g/mol. The van der Waals surface area contributed by atoms with Gasteiger partial charge < -0.3 is 0 Å². The largest absolute Gasteiger partial charge is 0.294 e. The van der Waals surface area contributed by atoms with E-state index in [1.807, 2.05) is 0 Å². The zero-order valence-corrected chi connectivity index (χ0v) is 10.2. The monoisotopic (exact) mass is 277 g/mol. The van der Waals surface area contributed by atoms with Gasteiger partial charge in [-0.15, -0.1) is 0 Å². The highest BCUT2D eigenvalue weighted by atomic mass is 32.2. The van der Waals surface area contributed by atoms with Crippen molar-refractivity contribution in [1.82, 2.24) is 5.32 Å². The van der Waals surface area contributed by atoms with E-state index in [2.05, 4.69) is 5.32 Å². The van der Waals surface area contributed by atoms with Crippen LogP contribution in [-0.4, -0.2) is 24.8 Å². The highest BCUT2D eigenvalue weighted by Gasteiger charge is 2.26. The van der Waals surface area contributed by atoms with Crippen LogP contribution in [0.2, 0.25) is 0 Å². The van der Waals surface area contributed by atoms with Crippen molar-refractivity contribution in [3.8, 4) is 0 Å². The first-order valence-electron chi connectivity index (χ1n) is 5.28. The van der Waals surface area contributed by atoms with Crippen molar-refractivity contribution >= 4 is 32.7 Å². The molecule has 96 valence electrons. The third kappa shape index (κ3) is 1.71. The van der Waals surface area contributed by atoms with Crippen molar-refractivity contribution in [2.24, 2.45) is 0 Å². The quantitative estimate of drug-likeness (QED) is 0.597. The summed E-state index contributed by atoms with van der Waals surface area (Å²) in [6.45, 7) is 0. The van der Waals surface area contributed by atoms with Gasteiger partial charge in [-0.3, -0.25) is 19.5 Å². The molecule has 1 heterocycles. The fourth-order valence-electron chi connectivity index (χ4n) is 2.16. The van der Waals surface area contributed by atoms with Gasteiger partial charge in [-0.1, -0.05) is 12.1 Å². The third-order valence-corrected chi connectivity index (χ3v) is 3.80. The van der Waals surface area contributed by atoms with Crippen LogP contribution >= 0.6 is 0 Å². The summed E-state index contributed by atoms with van der Waals surface area (Å²) in [5.41, 5.74) is 0.356. The van der Waals surface area contributed by atoms with E-state index in [9.17, 15) is 18.0 Å². The number of amides is 2. The number of rotatable bonds is 1. The van der Waals surface area contributed by atoms with E-state index in [0.29, 0.717) is 16.3 Å². The van der Waals surface area contributed by atoms with Gasteiger partial charge in [0.1, 0.15) is 0 Å². The van der Waals surface area contributed by atoms with Crippen LogP contribution in [0.5, 0.6) is 0 Å². The molecule has 0 atom stereocenters. The normalized spacial score (nSPS) is 14.6. The maximum absolute atomic E-state index is 11.8. The molecule has 0 aromatic heterocycles. The summed E-state index contributed by atoms with van der Waals surface area (Å²) < 4.78 is 31.4. The first-order valence-corrected chi connectivity index (χ1v) is 6.72. The first-order chi connectivity index (χ1) is 8.88. The molecule has 7 heteroatoms. The lowest BCUT2D eigenvalue weighted by Gasteiger charge is -2.17. The van der Waals surface area contributed by atoms with Crippen LogP contribution in [0, 0.1) is 0 Å². The Balaban J connectivity index is 2.51. The molecule has 0 saturated heterocycles. The smallest absolute Gasteiger partial charge is 0.288 e. The van der Waals surface area contributed by atoms with Gasteiger partial charge in [0.15, 0.2) is 0 Å². The Labute approximate surface area is 107 Å². The molecule has 0 fully saturated rings. The second-order valence-electron chi connectivity index (χ2n) is 4.13. The van der Waals surface area contributed by atoms with E-state index in [0.717, 1.165) is 6.07 Å². The van der Waals surface area contributed by atoms with Gasteiger partial charge in [0.25, 0.3) is 21.9 Å². The standard InChI is InChI=1S/C12H7NO5S/c14-11-8-3-1-2-6-4-7(19(16,17)18)5-9(10(6)8)12(15)13-11/h1-5H,(H,13,14,15)(H,16,17,18). The number of benzene rings is 2. The van der Waals surface area contributed by atoms with Crippen molar-refractivity contribution in [2.75, 3.05) is 0 Å². The summed E-state index contributed by atoms with van der Waals surface area (Å²) in [7, 11) is -4.42. The Morgan fingerprint density at radius 3 is 2.37 bits per heavy atom. The van der Waals surface area contributed by atoms with Crippen LogP contribution in [0.3, 0.4) is 0 Å². The van der Waals surface area contributed by atoms with Crippen molar-refractivity contribution < 1.29 is 22.6 Å². The summed E-state index contributed by atoms with van der Waals surface area (Å²) in [4.78, 5) is 23.0. The molecule has 0 saturated carbocycles. The summed E-state index contributed by atoms with van der Waals surface area (Å²) in [6, 6.07) is 6.97. The third-order valence-electron chi connectivity index (χ3n) is 2.96. The molecule has 3 rings (SSSR count). The summed E-state index contributed by atoms with van der Waals surface area (Å²) in [5, 5.41) is 2.92. The maximum atomic E-state index is 11.8. The predicted molar refractivity (Wildman–Crippen MR) is 65.6 cm³/mol. The predicted octanol–water partition coefficient (Wildman–Crippen LogP) is 0.970. The minimum atomic E-state index is -4.42. The molecule has 1 aliphatic heterocycles. The van der Waals surface area contributed by atoms with Gasteiger partial charge in [0.05, 0.1) is 4.90 Å². The Bertz CT molecular complexity index is 854. The molecule has 19 heavy (non-hydrogen) atoms. The van der Waals surface area contributed by atoms with Crippen molar-refractivity contribution in [3.63, 3.8) is 0 Å². The van der Waals surface area contributed by atoms with Gasteiger partial charge in [-0.25, -0.2) is 0 Å². The van der Waals surface area contributed by atoms with E-state index in [4.69, 9.17) is 4.55 Å². The van der Waals surface area contributed by atoms with E-state index >= 15 is 0 Å². The van der Waals surface area contributed by atoms with Gasteiger partial charge in [-0.2, -0.15) is 8.42 Å². The second-order valence-corrected chi connectivity index (χ2v) is 5.55. The van der Waals surface area contributed by atoms with Crippen LogP contribution in [0.1, 0.15) is 20.7 Å². The molecular weight excluding hydrogens is 270 g/mol. The molecule has 0 bridgehead atoms. The van der Waals surface area contributed by atoms with Gasteiger partial charge in [-0.05, 0) is 23.6 Å². The van der Waals surface area contributed by atoms with Gasteiger partial charge >= 0.3 is 0 Å². The molecule has 0 radical (unpaired) electrons. The molecule has 6 nitrogen and oxygen atoms in total. The fraction of sp³-hybridized carbons (Fsp3) is 0. The lowest BCUT2D eigenvalue weighted by molar-refractivity contribution is 0.0845. The Morgan fingerprint density at radius 1 is 1.00 bits per heavy atom. The van der Waals surface area contributed by atoms with Crippen LogP contribution in [-0.2, 0) is 10.1 Å². The fourth-order valence-corrected chi connectivity index (χ4v) is 2.70.